The van der Waals surface area contributed by atoms with Crippen molar-refractivity contribution in [3.05, 3.63) is 52.7 Å². The summed E-state index contributed by atoms with van der Waals surface area (Å²) in [6, 6.07) is 7.80. The average Bonchev–Trinajstić information content (AvgIpc) is 3.09. The van der Waals surface area contributed by atoms with Crippen LogP contribution in [0.2, 0.25) is 0 Å². The Kier molecular flexibility index (Phi) is 3.17. The molecule has 1 aromatic carbocycles. The quantitative estimate of drug-likeness (QED) is 0.775. The Bertz CT molecular complexity index is 885. The molecule has 0 saturated heterocycles. The molecular weight excluding hydrogens is 296 g/mol. The number of aliphatic hydroxyl groups is 1. The van der Waals surface area contributed by atoms with E-state index in [4.69, 9.17) is 0 Å². The lowest BCUT2D eigenvalue weighted by Crippen LogP contribution is -1.96. The van der Waals surface area contributed by atoms with Crippen molar-refractivity contribution in [2.45, 2.75) is 19.4 Å². The average molecular weight is 310 g/mol. The zero-order chi connectivity index (χ0) is 15.1. The number of thiophene rings is 1. The fourth-order valence-corrected chi connectivity index (χ4v) is 3.91. The smallest absolute Gasteiger partial charge is 0.163 e. The van der Waals surface area contributed by atoms with Gasteiger partial charge in [-0.3, -0.25) is 9.78 Å². The van der Waals surface area contributed by atoms with E-state index in [-0.39, 0.29) is 12.4 Å². The van der Waals surface area contributed by atoms with Crippen LogP contribution in [0, 0.1) is 0 Å². The number of aryl methyl sites for hydroxylation is 1. The van der Waals surface area contributed by atoms with Crippen LogP contribution in [-0.4, -0.2) is 15.9 Å². The summed E-state index contributed by atoms with van der Waals surface area (Å²) >= 11 is 1.54. The fourth-order valence-electron chi connectivity index (χ4n) is 2.93. The van der Waals surface area contributed by atoms with Gasteiger partial charge >= 0.3 is 0 Å². The summed E-state index contributed by atoms with van der Waals surface area (Å²) in [6.45, 7) is -0.00882. The second kappa shape index (κ2) is 5.19. The van der Waals surface area contributed by atoms with E-state index >= 15 is 0 Å². The highest BCUT2D eigenvalue weighted by Gasteiger charge is 2.20. The van der Waals surface area contributed by atoms with Crippen molar-refractivity contribution < 1.29 is 9.90 Å². The van der Waals surface area contributed by atoms with Crippen LogP contribution < -0.4 is 5.32 Å². The Morgan fingerprint density at radius 3 is 3.05 bits per heavy atom. The zero-order valence-electron chi connectivity index (χ0n) is 11.8. The van der Waals surface area contributed by atoms with Crippen molar-refractivity contribution in [3.8, 4) is 0 Å². The molecule has 0 saturated carbocycles. The number of anilines is 2. The molecule has 1 aliphatic carbocycles. The molecule has 0 spiro atoms. The Hall–Kier alpha value is -2.24. The highest BCUT2D eigenvalue weighted by molar-refractivity contribution is 7.19. The number of carbonyl (C=O) groups is 1. The van der Waals surface area contributed by atoms with Gasteiger partial charge in [0.1, 0.15) is 0 Å². The summed E-state index contributed by atoms with van der Waals surface area (Å²) in [7, 11) is 0. The molecule has 4 rings (SSSR count). The number of nitrogens with one attached hydrogen (secondary N) is 1. The van der Waals surface area contributed by atoms with E-state index in [9.17, 15) is 9.90 Å². The number of aliphatic hydroxyl groups excluding tert-OH is 1. The number of rotatable bonds is 3. The molecule has 0 aliphatic heterocycles. The van der Waals surface area contributed by atoms with E-state index in [0.29, 0.717) is 6.42 Å². The van der Waals surface area contributed by atoms with Crippen molar-refractivity contribution in [1.82, 2.24) is 4.98 Å². The summed E-state index contributed by atoms with van der Waals surface area (Å²) < 4.78 is 1.05. The van der Waals surface area contributed by atoms with E-state index in [1.807, 2.05) is 30.5 Å². The third kappa shape index (κ3) is 2.10. The standard InChI is InChI=1S/C17H14N2O2S/c20-9-16-17(13-5-6-18-8-15(13)22-16)19-11-2-3-12-10(7-11)1-4-14(12)21/h2-3,5-8,19-20H,1,4,9H2. The van der Waals surface area contributed by atoms with Crippen LogP contribution in [0.1, 0.15) is 27.2 Å². The number of nitrogens with zero attached hydrogens (tertiary/aromatic N) is 1. The van der Waals surface area contributed by atoms with Crippen LogP contribution in [0.5, 0.6) is 0 Å². The minimum absolute atomic E-state index is 0.00882. The van der Waals surface area contributed by atoms with Gasteiger partial charge in [0.2, 0.25) is 0 Å². The van der Waals surface area contributed by atoms with Crippen molar-refractivity contribution in [2.24, 2.45) is 0 Å². The normalized spacial score (nSPS) is 13.6. The Balaban J connectivity index is 1.76. The van der Waals surface area contributed by atoms with E-state index in [2.05, 4.69) is 10.3 Å². The van der Waals surface area contributed by atoms with Gasteiger partial charge in [0.25, 0.3) is 0 Å². The third-order valence-corrected chi connectivity index (χ3v) is 5.13. The molecule has 2 aromatic heterocycles. The number of Topliss-reactive ketones (excluding diaryl/α,β-unsaturated/α-hetero) is 1. The number of hydrogen-bond acceptors (Lipinski definition) is 5. The van der Waals surface area contributed by atoms with Gasteiger partial charge in [-0.15, -0.1) is 11.3 Å². The number of fused-ring (bicyclic) bond motifs is 2. The monoisotopic (exact) mass is 310 g/mol. The van der Waals surface area contributed by atoms with Crippen LogP contribution in [0.4, 0.5) is 11.4 Å². The molecule has 4 nitrogen and oxygen atoms in total. The molecule has 0 bridgehead atoms. The SMILES string of the molecule is O=C1CCc2cc(Nc3c(CO)sc4cnccc34)ccc21. The number of aromatic nitrogens is 1. The van der Waals surface area contributed by atoms with Crippen LogP contribution in [0.25, 0.3) is 10.1 Å². The van der Waals surface area contributed by atoms with Crippen LogP contribution in [0.15, 0.2) is 36.7 Å². The first-order valence-corrected chi connectivity index (χ1v) is 7.97. The van der Waals surface area contributed by atoms with Gasteiger partial charge in [-0.1, -0.05) is 0 Å². The predicted molar refractivity (Wildman–Crippen MR) is 87.9 cm³/mol. The van der Waals surface area contributed by atoms with Gasteiger partial charge < -0.3 is 10.4 Å². The first-order chi connectivity index (χ1) is 10.8. The summed E-state index contributed by atoms with van der Waals surface area (Å²) in [4.78, 5) is 16.7. The Morgan fingerprint density at radius 1 is 1.27 bits per heavy atom. The summed E-state index contributed by atoms with van der Waals surface area (Å²) in [5.41, 5.74) is 3.81. The molecule has 110 valence electrons. The topological polar surface area (TPSA) is 62.2 Å². The van der Waals surface area contributed by atoms with E-state index in [1.165, 1.54) is 11.3 Å². The molecule has 3 aromatic rings. The van der Waals surface area contributed by atoms with Crippen molar-refractivity contribution in [3.63, 3.8) is 0 Å². The van der Waals surface area contributed by atoms with Gasteiger partial charge in [-0.05, 0) is 36.2 Å². The molecule has 1 aliphatic rings. The van der Waals surface area contributed by atoms with Gasteiger partial charge in [0.05, 0.1) is 21.9 Å². The number of hydrogen-bond donors (Lipinski definition) is 2. The van der Waals surface area contributed by atoms with Crippen LogP contribution in [-0.2, 0) is 13.0 Å². The number of benzene rings is 1. The fraction of sp³-hybridized carbons (Fsp3) is 0.176. The number of pyridine rings is 1. The van der Waals surface area contributed by atoms with Crippen LogP contribution >= 0.6 is 11.3 Å². The maximum Gasteiger partial charge on any atom is 0.163 e. The Morgan fingerprint density at radius 2 is 2.18 bits per heavy atom. The van der Waals surface area contributed by atoms with E-state index < -0.39 is 0 Å². The maximum atomic E-state index is 11.7. The lowest BCUT2D eigenvalue weighted by atomic mass is 10.1. The first kappa shape index (κ1) is 13.4. The molecule has 0 unspecified atom stereocenters. The van der Waals surface area contributed by atoms with Gasteiger partial charge in [-0.25, -0.2) is 0 Å². The van der Waals surface area contributed by atoms with E-state index in [0.717, 1.165) is 43.9 Å². The minimum atomic E-state index is -0.00882. The van der Waals surface area contributed by atoms with Crippen molar-refractivity contribution >= 4 is 38.6 Å². The Labute approximate surface area is 131 Å². The third-order valence-electron chi connectivity index (χ3n) is 4.01. The minimum Gasteiger partial charge on any atom is -0.391 e. The maximum absolute atomic E-state index is 11.7. The number of carbonyl (C=O) groups excluding carboxylic acids is 1. The largest absolute Gasteiger partial charge is 0.391 e. The van der Waals surface area contributed by atoms with Gasteiger partial charge in [-0.2, -0.15) is 0 Å². The molecule has 0 atom stereocenters. The van der Waals surface area contributed by atoms with Gasteiger partial charge in [0.15, 0.2) is 5.78 Å². The highest BCUT2D eigenvalue weighted by Crippen LogP contribution is 2.37. The summed E-state index contributed by atoms with van der Waals surface area (Å²) in [6.07, 6.45) is 4.98. The lowest BCUT2D eigenvalue weighted by molar-refractivity contribution is 0.0994. The van der Waals surface area contributed by atoms with E-state index in [1.54, 1.807) is 6.20 Å². The lowest BCUT2D eigenvalue weighted by Gasteiger charge is -2.09. The summed E-state index contributed by atoms with van der Waals surface area (Å²) in [5.74, 6) is 0.227. The summed E-state index contributed by atoms with van der Waals surface area (Å²) in [5, 5.41) is 14.1. The molecule has 0 amide bonds. The number of ketones is 1. The molecular formula is C17H14N2O2S. The first-order valence-electron chi connectivity index (χ1n) is 7.15. The van der Waals surface area contributed by atoms with Crippen molar-refractivity contribution in [2.75, 3.05) is 5.32 Å². The molecule has 2 N–H and O–H groups in total. The van der Waals surface area contributed by atoms with Crippen molar-refractivity contribution in [1.29, 1.82) is 0 Å². The molecule has 5 heteroatoms. The molecule has 0 fully saturated rings. The van der Waals surface area contributed by atoms with Crippen LogP contribution in [0.3, 0.4) is 0 Å². The molecule has 2 heterocycles. The second-order valence-electron chi connectivity index (χ2n) is 5.35. The molecule has 0 radical (unpaired) electrons. The van der Waals surface area contributed by atoms with Gasteiger partial charge in [0, 0.05) is 35.5 Å². The molecule has 22 heavy (non-hydrogen) atoms. The zero-order valence-corrected chi connectivity index (χ0v) is 12.6. The second-order valence-corrected chi connectivity index (χ2v) is 6.49. The highest BCUT2D eigenvalue weighted by atomic mass is 32.1. The predicted octanol–water partition coefficient (Wildman–Crippen LogP) is 3.66.